The molecule has 56 valence electrons. The Kier molecular flexibility index (Phi) is 7.29. The zero-order valence-electron chi connectivity index (χ0n) is 6.32. The summed E-state index contributed by atoms with van der Waals surface area (Å²) in [6.07, 6.45) is 7.34. The molecule has 0 bridgehead atoms. The molecule has 0 aromatic rings. The van der Waals surface area contributed by atoms with Crippen molar-refractivity contribution < 1.29 is 0 Å². The molecule has 0 spiro atoms. The van der Waals surface area contributed by atoms with Gasteiger partial charge in [-0.15, -0.1) is 0 Å². The lowest BCUT2D eigenvalue weighted by molar-refractivity contribution is 0.935. The van der Waals surface area contributed by atoms with Crippen molar-refractivity contribution >= 4 is 0 Å². The lowest BCUT2D eigenvalue weighted by Gasteiger charge is -1.83. The molecule has 0 atom stereocenters. The fraction of sp³-hybridized carbons (Fsp3) is 0.714. The van der Waals surface area contributed by atoms with Crippen molar-refractivity contribution in [2.45, 2.75) is 26.2 Å². The average Bonchev–Trinajstić information content (AvgIpc) is 1.97. The lowest BCUT2D eigenvalue weighted by Crippen LogP contribution is -1.71. The molecule has 0 amide bonds. The highest BCUT2D eigenvalue weighted by Crippen LogP contribution is 1.91. The minimum Gasteiger partial charge on any atom is -0.0937 e. The summed E-state index contributed by atoms with van der Waals surface area (Å²) in [6, 6.07) is 0. The smallest absolute Gasteiger partial charge is 0.0292 e. The quantitative estimate of drug-likeness (QED) is 0.185. The van der Waals surface area contributed by atoms with Crippen LogP contribution in [-0.4, -0.2) is 6.54 Å². The Balaban J connectivity index is 3.09. The first-order valence-electron chi connectivity index (χ1n) is 3.57. The Morgan fingerprint density at radius 3 is 2.70 bits per heavy atom. The molecule has 3 nitrogen and oxygen atoms in total. The molecule has 0 saturated carbocycles. The molecule has 0 aromatic carbocycles. The third kappa shape index (κ3) is 7.05. The van der Waals surface area contributed by atoms with Gasteiger partial charge in [-0.05, 0) is 18.4 Å². The Morgan fingerprint density at radius 1 is 1.40 bits per heavy atom. The van der Waals surface area contributed by atoms with Gasteiger partial charge in [0.05, 0.1) is 0 Å². The average molecular weight is 139 g/mol. The maximum Gasteiger partial charge on any atom is 0.0292 e. The summed E-state index contributed by atoms with van der Waals surface area (Å²) in [4.78, 5) is 2.64. The molecule has 0 aliphatic rings. The molecule has 0 N–H and O–H groups in total. The molecular formula is C7H13N3. The van der Waals surface area contributed by atoms with Crippen LogP contribution in [0, 0.1) is 0 Å². The van der Waals surface area contributed by atoms with E-state index >= 15 is 0 Å². The molecule has 0 radical (unpaired) electrons. The normalized spacial score (nSPS) is 9.70. The summed E-state index contributed by atoms with van der Waals surface area (Å²) in [5.41, 5.74) is 7.90. The van der Waals surface area contributed by atoms with Crippen LogP contribution in [0.4, 0.5) is 0 Å². The van der Waals surface area contributed by atoms with Crippen molar-refractivity contribution in [2.24, 2.45) is 5.11 Å². The molecule has 0 saturated heterocycles. The van der Waals surface area contributed by atoms with E-state index in [0.29, 0.717) is 6.54 Å². The van der Waals surface area contributed by atoms with Crippen molar-refractivity contribution in [2.75, 3.05) is 6.54 Å². The van der Waals surface area contributed by atoms with Gasteiger partial charge in [0.2, 0.25) is 0 Å². The predicted molar refractivity (Wildman–Crippen MR) is 42.7 cm³/mol. The third-order valence-electron chi connectivity index (χ3n) is 1.08. The zero-order chi connectivity index (χ0) is 7.66. The van der Waals surface area contributed by atoms with Crippen LogP contribution in [0.2, 0.25) is 0 Å². The SMILES string of the molecule is CCC/C=C/CCN=[N+]=[N-]. The van der Waals surface area contributed by atoms with Gasteiger partial charge in [-0.25, -0.2) is 0 Å². The second-order valence-electron chi connectivity index (χ2n) is 2.00. The number of allylic oxidation sites excluding steroid dienone is 1. The second-order valence-corrected chi connectivity index (χ2v) is 2.00. The standard InChI is InChI=1S/C7H13N3/c1-2-3-4-5-6-7-9-10-8/h4-5H,2-3,6-7H2,1H3/b5-4+. The Morgan fingerprint density at radius 2 is 2.10 bits per heavy atom. The maximum absolute atomic E-state index is 7.90. The van der Waals surface area contributed by atoms with Crippen LogP contribution in [0.5, 0.6) is 0 Å². The molecule has 0 fully saturated rings. The van der Waals surface area contributed by atoms with E-state index in [9.17, 15) is 0 Å². The van der Waals surface area contributed by atoms with Crippen molar-refractivity contribution in [1.29, 1.82) is 0 Å². The van der Waals surface area contributed by atoms with E-state index < -0.39 is 0 Å². The first-order valence-corrected chi connectivity index (χ1v) is 3.57. The van der Waals surface area contributed by atoms with Crippen molar-refractivity contribution in [3.8, 4) is 0 Å². The molecule has 0 unspecified atom stereocenters. The van der Waals surface area contributed by atoms with Gasteiger partial charge in [-0.1, -0.05) is 30.6 Å². The molecule has 3 heteroatoms. The third-order valence-corrected chi connectivity index (χ3v) is 1.08. The fourth-order valence-corrected chi connectivity index (χ4v) is 0.579. The number of nitrogens with zero attached hydrogens (tertiary/aromatic N) is 3. The van der Waals surface area contributed by atoms with Gasteiger partial charge < -0.3 is 0 Å². The van der Waals surface area contributed by atoms with Crippen molar-refractivity contribution in [3.63, 3.8) is 0 Å². The van der Waals surface area contributed by atoms with E-state index in [0.717, 1.165) is 12.8 Å². The first kappa shape index (κ1) is 9.05. The van der Waals surface area contributed by atoms with Crippen LogP contribution in [0.1, 0.15) is 26.2 Å². The van der Waals surface area contributed by atoms with Gasteiger partial charge in [-0.3, -0.25) is 0 Å². The van der Waals surface area contributed by atoms with E-state index in [-0.39, 0.29) is 0 Å². The molecule has 0 aromatic heterocycles. The molecule has 0 rings (SSSR count). The highest BCUT2D eigenvalue weighted by molar-refractivity contribution is 4.81. The minimum atomic E-state index is 0.580. The fourth-order valence-electron chi connectivity index (χ4n) is 0.579. The summed E-state index contributed by atoms with van der Waals surface area (Å²) < 4.78 is 0. The molecule has 0 heterocycles. The summed E-state index contributed by atoms with van der Waals surface area (Å²) in [5.74, 6) is 0. The van der Waals surface area contributed by atoms with Gasteiger partial charge in [0.25, 0.3) is 0 Å². The number of rotatable bonds is 5. The summed E-state index contributed by atoms with van der Waals surface area (Å²) in [7, 11) is 0. The summed E-state index contributed by atoms with van der Waals surface area (Å²) in [6.45, 7) is 2.72. The first-order chi connectivity index (χ1) is 4.91. The highest BCUT2D eigenvalue weighted by Gasteiger charge is 1.75. The van der Waals surface area contributed by atoms with Gasteiger partial charge in [-0.2, -0.15) is 0 Å². The van der Waals surface area contributed by atoms with Gasteiger partial charge >= 0.3 is 0 Å². The number of hydrogen-bond donors (Lipinski definition) is 0. The van der Waals surface area contributed by atoms with Crippen LogP contribution >= 0.6 is 0 Å². The zero-order valence-corrected chi connectivity index (χ0v) is 6.32. The lowest BCUT2D eigenvalue weighted by atomic mass is 10.3. The minimum absolute atomic E-state index is 0.580. The molecular weight excluding hydrogens is 126 g/mol. The molecule has 0 aliphatic carbocycles. The van der Waals surface area contributed by atoms with Crippen LogP contribution in [0.25, 0.3) is 10.4 Å². The van der Waals surface area contributed by atoms with E-state index in [4.69, 9.17) is 5.53 Å². The van der Waals surface area contributed by atoms with Crippen LogP contribution in [0.15, 0.2) is 17.3 Å². The second kappa shape index (κ2) is 8.05. The topological polar surface area (TPSA) is 48.8 Å². The maximum atomic E-state index is 7.90. The molecule has 10 heavy (non-hydrogen) atoms. The largest absolute Gasteiger partial charge is 0.0937 e. The van der Waals surface area contributed by atoms with Gasteiger partial charge in [0.1, 0.15) is 0 Å². The van der Waals surface area contributed by atoms with Crippen LogP contribution < -0.4 is 0 Å². The van der Waals surface area contributed by atoms with E-state index in [1.54, 1.807) is 0 Å². The van der Waals surface area contributed by atoms with Crippen molar-refractivity contribution in [3.05, 3.63) is 22.6 Å². The molecule has 0 aliphatic heterocycles. The number of hydrogen-bond acceptors (Lipinski definition) is 1. The van der Waals surface area contributed by atoms with E-state index in [2.05, 4.69) is 29.1 Å². The Bertz CT molecular complexity index is 134. The van der Waals surface area contributed by atoms with Crippen LogP contribution in [0.3, 0.4) is 0 Å². The monoisotopic (exact) mass is 139 g/mol. The van der Waals surface area contributed by atoms with E-state index in [1.165, 1.54) is 6.42 Å². The van der Waals surface area contributed by atoms with Gasteiger partial charge in [0, 0.05) is 11.5 Å². The summed E-state index contributed by atoms with van der Waals surface area (Å²) in [5, 5.41) is 3.40. The van der Waals surface area contributed by atoms with E-state index in [1.807, 2.05) is 0 Å². The van der Waals surface area contributed by atoms with Crippen LogP contribution in [-0.2, 0) is 0 Å². The number of unbranched alkanes of at least 4 members (excludes halogenated alkanes) is 1. The van der Waals surface area contributed by atoms with Crippen molar-refractivity contribution in [1.82, 2.24) is 0 Å². The predicted octanol–water partition coefficient (Wildman–Crippen LogP) is 3.04. The number of azide groups is 1. The van der Waals surface area contributed by atoms with Gasteiger partial charge in [0.15, 0.2) is 0 Å². The Hall–Kier alpha value is -0.950. The Labute approximate surface area is 61.4 Å². The highest BCUT2D eigenvalue weighted by atomic mass is 15.1. The summed E-state index contributed by atoms with van der Waals surface area (Å²) >= 11 is 0.